The number of halogens is 2. The summed E-state index contributed by atoms with van der Waals surface area (Å²) < 4.78 is 126. The Morgan fingerprint density at radius 3 is 1.04 bits per heavy atom. The Labute approximate surface area is 160 Å². The van der Waals surface area contributed by atoms with Crippen LogP contribution in [0.2, 0.25) is 0 Å². The lowest BCUT2D eigenvalue weighted by atomic mass is 10.3. The second kappa shape index (κ2) is 7.23. The molecular weight excluding hydrogens is 536 g/mol. The largest absolute Gasteiger partial charge is 1.00 e. The van der Waals surface area contributed by atoms with Crippen molar-refractivity contribution in [1.82, 2.24) is 0 Å². The average Bonchev–Trinajstić information content (AvgIpc) is 2.31. The number of nitrogens with zero attached hydrogens (tertiary/aromatic N) is 2. The van der Waals surface area contributed by atoms with Crippen LogP contribution in [0.4, 0.5) is 5.69 Å². The van der Waals surface area contributed by atoms with Gasteiger partial charge in [0.15, 0.2) is 4.98 Å². The molecular formula is C6H4BrClN2O12S4. The zero-order chi connectivity index (χ0) is 20.2. The molecule has 0 radical (unpaired) electrons. The zero-order valence-corrected chi connectivity index (χ0v) is 16.9. The fourth-order valence-corrected chi connectivity index (χ4v) is 7.70. The fraction of sp³-hybridized carbons (Fsp3) is 0. The van der Waals surface area contributed by atoms with Gasteiger partial charge in [0.05, 0.1) is 4.47 Å². The average molecular weight is 540 g/mol. The van der Waals surface area contributed by atoms with Crippen LogP contribution in [-0.2, 0) is 40.5 Å². The Kier molecular flexibility index (Phi) is 6.96. The molecule has 0 aliphatic heterocycles. The first-order valence-electron chi connectivity index (χ1n) is 4.99. The maximum Gasteiger partial charge on any atom is 0.429 e. The first-order chi connectivity index (χ1) is 10.8. The maximum absolute atomic E-state index is 11.4. The van der Waals surface area contributed by atoms with Crippen molar-refractivity contribution in [2.45, 2.75) is 19.6 Å². The maximum atomic E-state index is 11.4. The van der Waals surface area contributed by atoms with Crippen molar-refractivity contribution in [3.63, 3.8) is 0 Å². The Morgan fingerprint density at radius 1 is 0.654 bits per heavy atom. The quantitative estimate of drug-likeness (QED) is 0.219. The van der Waals surface area contributed by atoms with E-state index in [0.29, 0.717) is 0 Å². The van der Waals surface area contributed by atoms with Gasteiger partial charge in [0, 0.05) is 0 Å². The van der Waals surface area contributed by atoms with Crippen LogP contribution in [0, 0.1) is 5.39 Å². The molecule has 0 bridgehead atoms. The number of hydrogen-bond donors (Lipinski definition) is 4. The van der Waals surface area contributed by atoms with Crippen LogP contribution in [-0.4, -0.2) is 51.9 Å². The molecule has 148 valence electrons. The van der Waals surface area contributed by atoms with Crippen molar-refractivity contribution in [3.8, 4) is 0 Å². The predicted molar refractivity (Wildman–Crippen MR) is 78.1 cm³/mol. The summed E-state index contributed by atoms with van der Waals surface area (Å²) in [6.07, 6.45) is 0. The molecule has 0 aromatic heterocycles. The monoisotopic (exact) mass is 538 g/mol. The van der Waals surface area contributed by atoms with Crippen molar-refractivity contribution in [2.75, 3.05) is 0 Å². The Bertz CT molecular complexity index is 1150. The topological polar surface area (TPSA) is 246 Å². The summed E-state index contributed by atoms with van der Waals surface area (Å²) in [4.78, 5) is -6.11. The highest BCUT2D eigenvalue weighted by Crippen LogP contribution is 2.46. The first-order valence-corrected chi connectivity index (χ1v) is 11.5. The molecule has 0 aliphatic carbocycles. The molecule has 26 heavy (non-hydrogen) atoms. The molecule has 0 amide bonds. The van der Waals surface area contributed by atoms with Crippen molar-refractivity contribution < 1.29 is 64.3 Å². The standard InChI is InChI=1S/C6H3BrN2O12S4.ClH/c7-1-3(22(10,11)12)5(24(16,17)18)2(9-8)6(25(19,20)21)4(1)23(13,14)15;/h(H3-,10,11,12,13,14,15,16,17,18,19,20,21);1H. The third-order valence-electron chi connectivity index (χ3n) is 2.37. The van der Waals surface area contributed by atoms with Crippen LogP contribution in [0.15, 0.2) is 24.1 Å². The normalized spacial score (nSPS) is 12.9. The lowest BCUT2D eigenvalue weighted by Crippen LogP contribution is -3.00. The molecule has 4 N–H and O–H groups in total. The van der Waals surface area contributed by atoms with E-state index in [1.165, 1.54) is 0 Å². The lowest BCUT2D eigenvalue weighted by Gasteiger charge is -2.11. The molecule has 0 spiro atoms. The molecule has 0 saturated heterocycles. The number of hydrogen-bond acceptors (Lipinski definition) is 9. The van der Waals surface area contributed by atoms with Gasteiger partial charge in [0.2, 0.25) is 15.2 Å². The molecule has 1 rings (SSSR count). The van der Waals surface area contributed by atoms with E-state index in [9.17, 15) is 33.7 Å². The van der Waals surface area contributed by atoms with Gasteiger partial charge in [0.25, 0.3) is 20.2 Å². The summed E-state index contributed by atoms with van der Waals surface area (Å²) in [6, 6.07) is 0. The van der Waals surface area contributed by atoms with Crippen LogP contribution in [0.25, 0.3) is 4.98 Å². The van der Waals surface area contributed by atoms with Gasteiger partial charge in [-0.05, 0) is 15.9 Å². The van der Waals surface area contributed by atoms with E-state index in [0.717, 1.165) is 0 Å². The Morgan fingerprint density at radius 2 is 0.885 bits per heavy atom. The molecule has 1 aromatic carbocycles. The van der Waals surface area contributed by atoms with E-state index in [4.69, 9.17) is 23.6 Å². The van der Waals surface area contributed by atoms with Crippen LogP contribution < -0.4 is 12.4 Å². The smallest absolute Gasteiger partial charge is 0.429 e. The Hall–Kier alpha value is -0.950. The third kappa shape index (κ3) is 4.66. The molecule has 20 heteroatoms. The second-order valence-corrected chi connectivity index (χ2v) is 10.2. The Balaban J connectivity index is 0.00000625. The zero-order valence-electron chi connectivity index (χ0n) is 11.3. The van der Waals surface area contributed by atoms with Gasteiger partial charge in [-0.3, -0.25) is 18.2 Å². The first kappa shape index (κ1) is 25.1. The van der Waals surface area contributed by atoms with Gasteiger partial charge >= 0.3 is 25.9 Å². The molecule has 0 fully saturated rings. The molecule has 14 nitrogen and oxygen atoms in total. The van der Waals surface area contributed by atoms with E-state index in [2.05, 4.69) is 15.9 Å². The van der Waals surface area contributed by atoms with Gasteiger partial charge in [-0.25, -0.2) is 0 Å². The summed E-state index contributed by atoms with van der Waals surface area (Å²) in [5.41, 5.74) is -2.01. The second-order valence-electron chi connectivity index (χ2n) is 3.98. The molecule has 0 unspecified atom stereocenters. The van der Waals surface area contributed by atoms with Crippen molar-refractivity contribution in [2.24, 2.45) is 0 Å². The van der Waals surface area contributed by atoms with E-state index < -0.39 is 70.2 Å². The fourth-order valence-electron chi connectivity index (χ4n) is 1.65. The van der Waals surface area contributed by atoms with Crippen molar-refractivity contribution >= 4 is 62.1 Å². The van der Waals surface area contributed by atoms with Gasteiger partial charge in [-0.15, -0.1) is 0 Å². The van der Waals surface area contributed by atoms with Crippen LogP contribution >= 0.6 is 15.9 Å². The summed E-state index contributed by atoms with van der Waals surface area (Å²) in [7, 11) is -23.1. The van der Waals surface area contributed by atoms with Gasteiger partial charge in [-0.1, -0.05) is 0 Å². The van der Waals surface area contributed by atoms with Gasteiger partial charge < -0.3 is 12.4 Å². The highest BCUT2D eigenvalue weighted by molar-refractivity contribution is 9.10. The van der Waals surface area contributed by atoms with E-state index in [1.54, 1.807) is 0 Å². The van der Waals surface area contributed by atoms with Crippen molar-refractivity contribution in [3.05, 3.63) is 9.45 Å². The van der Waals surface area contributed by atoms with E-state index in [1.807, 2.05) is 4.98 Å². The molecule has 0 heterocycles. The summed E-state index contributed by atoms with van der Waals surface area (Å²) >= 11 is 2.15. The minimum absolute atomic E-state index is 0. The minimum Gasteiger partial charge on any atom is -1.00 e. The highest BCUT2D eigenvalue weighted by Gasteiger charge is 2.48. The summed E-state index contributed by atoms with van der Waals surface area (Å²) in [6.45, 7) is 0. The van der Waals surface area contributed by atoms with Crippen LogP contribution in [0.3, 0.4) is 0 Å². The van der Waals surface area contributed by atoms with Gasteiger partial charge in [0.1, 0.15) is 9.79 Å². The third-order valence-corrected chi connectivity index (χ3v) is 7.62. The molecule has 0 aliphatic rings. The van der Waals surface area contributed by atoms with Crippen molar-refractivity contribution in [1.29, 1.82) is 5.39 Å². The van der Waals surface area contributed by atoms with E-state index >= 15 is 0 Å². The summed E-state index contributed by atoms with van der Waals surface area (Å²) in [5.74, 6) is 0. The SMILES string of the molecule is N#[N+]c1c(S(=O)(=O)O)c(S(=O)(=O)O)c(Br)c(S(=O)(=O)O)c1S(=O)(=O)O.[Cl-]. The number of benzene rings is 1. The molecule has 0 saturated carbocycles. The van der Waals surface area contributed by atoms with E-state index in [-0.39, 0.29) is 12.4 Å². The van der Waals surface area contributed by atoms with Crippen LogP contribution in [0.5, 0.6) is 0 Å². The predicted octanol–water partition coefficient (Wildman–Crippen LogP) is -3.08. The van der Waals surface area contributed by atoms with Gasteiger partial charge in [-0.2, -0.15) is 33.7 Å². The molecule has 0 atom stereocenters. The highest BCUT2D eigenvalue weighted by atomic mass is 79.9. The molecule has 1 aromatic rings. The lowest BCUT2D eigenvalue weighted by molar-refractivity contribution is -0.0000214. The minimum atomic E-state index is -5.80. The van der Waals surface area contributed by atoms with Crippen LogP contribution in [0.1, 0.15) is 0 Å². The summed E-state index contributed by atoms with van der Waals surface area (Å²) in [5, 5.41) is 8.80. The number of diazo groups is 1. The number of rotatable bonds is 4.